The van der Waals surface area contributed by atoms with E-state index >= 15 is 0 Å². The molecule has 5 heteroatoms. The Kier molecular flexibility index (Phi) is 4.73. The Hall–Kier alpha value is -2.19. The number of nitrogens with one attached hydrogen (secondary N) is 1. The van der Waals surface area contributed by atoms with E-state index in [1.165, 1.54) is 11.1 Å². The minimum atomic E-state index is -0.328. The summed E-state index contributed by atoms with van der Waals surface area (Å²) >= 11 is 0. The van der Waals surface area contributed by atoms with Gasteiger partial charge in [-0.3, -0.25) is 4.79 Å². The van der Waals surface area contributed by atoms with Crippen LogP contribution in [-0.4, -0.2) is 24.7 Å². The number of amides is 1. The van der Waals surface area contributed by atoms with Crippen molar-refractivity contribution in [3.05, 3.63) is 34.9 Å². The monoisotopic (exact) mass is 311 g/mol. The Morgan fingerprint density at radius 1 is 1.35 bits per heavy atom. The molecular formula is C18H21N3O2. The molecule has 1 aromatic carbocycles. The van der Waals surface area contributed by atoms with Gasteiger partial charge >= 0.3 is 0 Å². The molecule has 0 aliphatic carbocycles. The predicted molar refractivity (Wildman–Crippen MR) is 86.8 cm³/mol. The van der Waals surface area contributed by atoms with Gasteiger partial charge in [-0.2, -0.15) is 10.2 Å². The fourth-order valence-corrected chi connectivity index (χ4v) is 2.85. The third-order valence-electron chi connectivity index (χ3n) is 4.31. The van der Waals surface area contributed by atoms with E-state index in [1.807, 2.05) is 6.07 Å². The second kappa shape index (κ2) is 6.93. The molecule has 3 rings (SSSR count). The Labute approximate surface area is 136 Å². The summed E-state index contributed by atoms with van der Waals surface area (Å²) in [6.07, 6.45) is 8.75. The summed E-state index contributed by atoms with van der Waals surface area (Å²) in [6, 6.07) is 6.19. The van der Waals surface area contributed by atoms with Crippen LogP contribution in [0.3, 0.4) is 0 Å². The highest BCUT2D eigenvalue weighted by atomic mass is 16.5. The van der Waals surface area contributed by atoms with Crippen LogP contribution in [0.25, 0.3) is 0 Å². The highest BCUT2D eigenvalue weighted by Crippen LogP contribution is 2.36. The first kappa shape index (κ1) is 15.7. The number of hydrogen-bond acceptors (Lipinski definition) is 4. The molecule has 0 spiro atoms. The van der Waals surface area contributed by atoms with Crippen molar-refractivity contribution in [3.8, 4) is 12.3 Å². The highest BCUT2D eigenvalue weighted by Gasteiger charge is 2.38. The summed E-state index contributed by atoms with van der Waals surface area (Å²) in [5, 5.41) is 11.1. The molecule has 0 saturated carbocycles. The first-order valence-corrected chi connectivity index (χ1v) is 8.03. The van der Waals surface area contributed by atoms with Crippen LogP contribution in [0.2, 0.25) is 0 Å². The van der Waals surface area contributed by atoms with Gasteiger partial charge in [0.25, 0.3) is 0 Å². The molecule has 0 bridgehead atoms. The van der Waals surface area contributed by atoms with Crippen LogP contribution >= 0.6 is 0 Å². The molecule has 0 aromatic heterocycles. The Morgan fingerprint density at radius 2 is 2.22 bits per heavy atom. The fourth-order valence-electron chi connectivity index (χ4n) is 2.85. The maximum absolute atomic E-state index is 12.1. The van der Waals surface area contributed by atoms with E-state index in [9.17, 15) is 4.79 Å². The van der Waals surface area contributed by atoms with E-state index in [2.05, 4.69) is 33.6 Å². The van der Waals surface area contributed by atoms with E-state index in [1.54, 1.807) is 0 Å². The van der Waals surface area contributed by atoms with E-state index in [4.69, 9.17) is 11.2 Å². The van der Waals surface area contributed by atoms with Gasteiger partial charge in [-0.1, -0.05) is 18.2 Å². The molecule has 1 amide bonds. The lowest BCUT2D eigenvalue weighted by atomic mass is 9.99. The zero-order chi connectivity index (χ0) is 16.1. The molecule has 2 aliphatic rings. The van der Waals surface area contributed by atoms with Gasteiger partial charge in [-0.25, -0.2) is 0 Å². The lowest BCUT2D eigenvalue weighted by Gasteiger charge is -2.17. The number of benzene rings is 1. The van der Waals surface area contributed by atoms with Crippen LogP contribution in [-0.2, 0) is 29.0 Å². The SMILES string of the molecule is C#CCCC1(CCNC(=O)Cc2ccc3c(c2)CCOC3)N=N1. The molecule has 0 unspecified atom stereocenters. The van der Waals surface area contributed by atoms with Crippen molar-refractivity contribution in [3.63, 3.8) is 0 Å². The summed E-state index contributed by atoms with van der Waals surface area (Å²) in [6.45, 7) is 2.01. The van der Waals surface area contributed by atoms with Crippen molar-refractivity contribution < 1.29 is 9.53 Å². The molecule has 23 heavy (non-hydrogen) atoms. The molecule has 2 aliphatic heterocycles. The van der Waals surface area contributed by atoms with Gasteiger partial charge in [-0.05, 0) is 23.1 Å². The lowest BCUT2D eigenvalue weighted by molar-refractivity contribution is -0.120. The number of rotatable bonds is 7. The zero-order valence-electron chi connectivity index (χ0n) is 13.2. The molecule has 0 atom stereocenters. The predicted octanol–water partition coefficient (Wildman–Crippen LogP) is 2.38. The number of fused-ring (bicyclic) bond motifs is 1. The van der Waals surface area contributed by atoms with Crippen LogP contribution in [0.1, 0.15) is 36.0 Å². The van der Waals surface area contributed by atoms with Crippen molar-refractivity contribution in [2.45, 2.75) is 44.4 Å². The van der Waals surface area contributed by atoms with Crippen molar-refractivity contribution in [2.75, 3.05) is 13.2 Å². The summed E-state index contributed by atoms with van der Waals surface area (Å²) in [7, 11) is 0. The van der Waals surface area contributed by atoms with Gasteiger partial charge in [0.2, 0.25) is 5.91 Å². The molecular weight excluding hydrogens is 290 g/mol. The minimum absolute atomic E-state index is 0.0322. The molecule has 1 aromatic rings. The third kappa shape index (κ3) is 4.17. The number of nitrogens with zero attached hydrogens (tertiary/aromatic N) is 2. The molecule has 120 valence electrons. The largest absolute Gasteiger partial charge is 0.376 e. The van der Waals surface area contributed by atoms with Crippen molar-refractivity contribution in [2.24, 2.45) is 10.2 Å². The summed E-state index contributed by atoms with van der Waals surface area (Å²) in [4.78, 5) is 12.1. The zero-order valence-corrected chi connectivity index (χ0v) is 13.2. The summed E-state index contributed by atoms with van der Waals surface area (Å²) in [5.41, 5.74) is 3.25. The third-order valence-corrected chi connectivity index (χ3v) is 4.31. The van der Waals surface area contributed by atoms with Gasteiger partial charge in [0, 0.05) is 25.8 Å². The first-order chi connectivity index (χ1) is 11.2. The van der Waals surface area contributed by atoms with Crippen LogP contribution in [0.5, 0.6) is 0 Å². The Balaban J connectivity index is 1.44. The van der Waals surface area contributed by atoms with Gasteiger partial charge < -0.3 is 10.1 Å². The maximum atomic E-state index is 12.1. The van der Waals surface area contributed by atoms with Crippen LogP contribution < -0.4 is 5.32 Å². The maximum Gasteiger partial charge on any atom is 0.224 e. The molecule has 0 saturated heterocycles. The first-order valence-electron chi connectivity index (χ1n) is 8.03. The minimum Gasteiger partial charge on any atom is -0.376 e. The molecule has 1 N–H and O–H groups in total. The van der Waals surface area contributed by atoms with Gasteiger partial charge in [-0.15, -0.1) is 12.3 Å². The van der Waals surface area contributed by atoms with Gasteiger partial charge in [0.15, 0.2) is 5.66 Å². The van der Waals surface area contributed by atoms with Crippen molar-refractivity contribution in [1.29, 1.82) is 0 Å². The average molecular weight is 311 g/mol. The Bertz CT molecular complexity index is 655. The van der Waals surface area contributed by atoms with Crippen molar-refractivity contribution >= 4 is 5.91 Å². The second-order valence-corrected chi connectivity index (χ2v) is 6.07. The number of hydrogen-bond donors (Lipinski definition) is 1. The molecule has 2 heterocycles. The van der Waals surface area contributed by atoms with Crippen LogP contribution in [0, 0.1) is 12.3 Å². The number of carbonyl (C=O) groups is 1. The quantitative estimate of drug-likeness (QED) is 0.786. The number of carbonyl (C=O) groups excluding carboxylic acids is 1. The van der Waals surface area contributed by atoms with Crippen molar-refractivity contribution in [1.82, 2.24) is 5.32 Å². The van der Waals surface area contributed by atoms with Gasteiger partial charge in [0.1, 0.15) is 0 Å². The Morgan fingerprint density at radius 3 is 3.00 bits per heavy atom. The highest BCUT2D eigenvalue weighted by molar-refractivity contribution is 5.78. The molecule has 0 radical (unpaired) electrons. The van der Waals surface area contributed by atoms with E-state index in [-0.39, 0.29) is 11.6 Å². The van der Waals surface area contributed by atoms with Crippen LogP contribution in [0.4, 0.5) is 0 Å². The average Bonchev–Trinajstić information content (AvgIpc) is 3.33. The second-order valence-electron chi connectivity index (χ2n) is 6.07. The number of ether oxygens (including phenoxy) is 1. The lowest BCUT2D eigenvalue weighted by Crippen LogP contribution is -2.29. The standard InChI is InChI=1S/C18H21N3O2/c1-2-3-7-18(20-21-18)8-9-19-17(22)12-14-4-5-16-13-23-10-6-15(16)11-14/h1,4-5,11H,3,6-10,12-13H2,(H,19,22). The number of terminal acetylenes is 1. The van der Waals surface area contributed by atoms with E-state index in [0.29, 0.717) is 26.0 Å². The van der Waals surface area contributed by atoms with Gasteiger partial charge in [0.05, 0.1) is 19.6 Å². The van der Waals surface area contributed by atoms with E-state index < -0.39 is 0 Å². The van der Waals surface area contributed by atoms with Crippen LogP contribution in [0.15, 0.2) is 28.4 Å². The summed E-state index contributed by atoms with van der Waals surface area (Å²) < 4.78 is 5.43. The van der Waals surface area contributed by atoms with E-state index in [0.717, 1.165) is 31.4 Å². The normalized spacial score (nSPS) is 17.2. The smallest absolute Gasteiger partial charge is 0.224 e. The summed E-state index contributed by atoms with van der Waals surface area (Å²) in [5.74, 6) is 2.64. The fraction of sp³-hybridized carbons (Fsp3) is 0.500. The topological polar surface area (TPSA) is 63.0 Å². The molecule has 5 nitrogen and oxygen atoms in total. The molecule has 0 fully saturated rings.